The number of carbonyl (C=O) groups excluding carboxylic acids is 4. The summed E-state index contributed by atoms with van der Waals surface area (Å²) in [5.74, 6) is -13.6. The number of ether oxygens (including phenoxy) is 13. The molecule has 7 heterocycles. The number of carboxylic acids is 2. The summed E-state index contributed by atoms with van der Waals surface area (Å²) >= 11 is 0. The van der Waals surface area contributed by atoms with Gasteiger partial charge in [-0.2, -0.15) is 0 Å². The highest BCUT2D eigenvalue weighted by molar-refractivity contribution is 5.77. The lowest BCUT2D eigenvalue weighted by Crippen LogP contribution is -2.70. The molecular weight excluding hydrogens is 1400 g/mol. The molecular formula is C56H92N4O42. The number of hydrogen-bond donors (Lipinski definition) is 27. The average molecular weight is 1490 g/mol. The highest BCUT2D eigenvalue weighted by atomic mass is 16.8. The van der Waals surface area contributed by atoms with Crippen LogP contribution in [0, 0.1) is 0 Å². The zero-order valence-corrected chi connectivity index (χ0v) is 54.6. The lowest BCUT2D eigenvalue weighted by atomic mass is 9.88. The molecule has 0 spiro atoms. The van der Waals surface area contributed by atoms with Crippen LogP contribution >= 0.6 is 0 Å². The molecule has 7 rings (SSSR count). The van der Waals surface area contributed by atoms with Crippen LogP contribution in [0.25, 0.3) is 0 Å². The van der Waals surface area contributed by atoms with E-state index in [1.807, 2.05) is 0 Å². The third kappa shape index (κ3) is 18.9. The second-order valence-corrected chi connectivity index (χ2v) is 25.5. The molecule has 27 N–H and O–H groups in total. The predicted molar refractivity (Wildman–Crippen MR) is 313 cm³/mol. The number of aliphatic carboxylic acids is 2. The quantitative estimate of drug-likeness (QED) is 0.0331. The normalized spacial score (nSPS) is 44.6. The summed E-state index contributed by atoms with van der Waals surface area (Å²) in [4.78, 5) is 75.3. The number of rotatable bonds is 29. The fourth-order valence-corrected chi connectivity index (χ4v) is 12.7. The van der Waals surface area contributed by atoms with Crippen molar-refractivity contribution in [3.63, 3.8) is 0 Å². The van der Waals surface area contributed by atoms with Gasteiger partial charge in [-0.3, -0.25) is 19.2 Å². The molecule has 37 atom stereocenters. The van der Waals surface area contributed by atoms with Gasteiger partial charge < -0.3 is 200 Å². The summed E-state index contributed by atoms with van der Waals surface area (Å²) in [6, 6.07) is -7.02. The molecule has 7 saturated heterocycles. The Hall–Kier alpha value is -4.54. The number of nitrogens with one attached hydrogen (secondary N) is 4. The molecule has 0 bridgehead atoms. The molecule has 7 aliphatic rings. The minimum atomic E-state index is -3.03. The molecule has 0 aliphatic carbocycles. The van der Waals surface area contributed by atoms with E-state index in [9.17, 15) is 146 Å². The Morgan fingerprint density at radius 1 is 0.402 bits per heavy atom. The molecule has 46 heteroatoms. The molecule has 46 nitrogen and oxygen atoms in total. The van der Waals surface area contributed by atoms with Crippen LogP contribution in [0.3, 0.4) is 0 Å². The Kier molecular flexibility index (Phi) is 29.8. The number of amides is 4. The van der Waals surface area contributed by atoms with Crippen LogP contribution in [0.1, 0.15) is 40.5 Å². The van der Waals surface area contributed by atoms with Crippen LogP contribution in [0.5, 0.6) is 0 Å². The van der Waals surface area contributed by atoms with Gasteiger partial charge >= 0.3 is 11.9 Å². The van der Waals surface area contributed by atoms with Gasteiger partial charge in [-0.05, 0) is 0 Å². The van der Waals surface area contributed by atoms with Crippen molar-refractivity contribution >= 4 is 35.6 Å². The number of aliphatic hydroxyl groups excluding tert-OH is 21. The first-order valence-electron chi connectivity index (χ1n) is 31.9. The molecule has 0 aromatic carbocycles. The van der Waals surface area contributed by atoms with E-state index in [1.54, 1.807) is 0 Å². The molecule has 588 valence electrons. The van der Waals surface area contributed by atoms with Crippen LogP contribution in [0.2, 0.25) is 0 Å². The van der Waals surface area contributed by atoms with E-state index in [2.05, 4.69) is 21.3 Å². The van der Waals surface area contributed by atoms with Gasteiger partial charge in [-0.15, -0.1) is 0 Å². The fraction of sp³-hybridized carbons (Fsp3) is 0.893. The third-order valence-corrected chi connectivity index (χ3v) is 18.1. The highest BCUT2D eigenvalue weighted by Crippen LogP contribution is 2.40. The number of carbonyl (C=O) groups is 6. The Balaban J connectivity index is 1.06. The van der Waals surface area contributed by atoms with Gasteiger partial charge in [0.2, 0.25) is 23.6 Å². The van der Waals surface area contributed by atoms with E-state index in [4.69, 9.17) is 61.6 Å². The minimum absolute atomic E-state index is 0.813. The molecule has 0 radical (unpaired) electrons. The van der Waals surface area contributed by atoms with E-state index in [1.165, 1.54) is 0 Å². The van der Waals surface area contributed by atoms with Crippen LogP contribution in [-0.2, 0) is 90.3 Å². The van der Waals surface area contributed by atoms with Crippen molar-refractivity contribution in [1.29, 1.82) is 0 Å². The maximum Gasteiger partial charge on any atom is 0.364 e. The maximum atomic E-state index is 12.9. The van der Waals surface area contributed by atoms with Crippen molar-refractivity contribution in [1.82, 2.24) is 21.3 Å². The number of carboxylic acid groups (broad SMARTS) is 2. The van der Waals surface area contributed by atoms with Crippen molar-refractivity contribution in [2.24, 2.45) is 0 Å². The molecule has 7 aliphatic heterocycles. The van der Waals surface area contributed by atoms with E-state index in [0.29, 0.717) is 0 Å². The standard InChI is InChI=1S/C56H92N4O42/c1-14(65)57-27-18(69)5-55(53(86)87,101-46(27)31(73)20(71)7-61)91-12-24-33(75)37(79)41(83)51(96-24)99-43-22(9-63)94-49(29(35(43)77)59-16(3)67)90-11-26-45(39(81)40(82)48(85)93-26)98-50-30(60-17(4)68)36(78)44(23(10-64)95-50)100-52-42(84)38(80)34(76)25(97-52)13-92-56(54(88)89)6-19(70)28(58-15(2)66)47(102-56)32(74)21(72)8-62/h18-52,61-64,69-85H,5-13H2,1-4H3,(H,57,65)(H,58,66)(H,59,67)(H,60,68)(H,86,87)(H,88,89)/t18-,19-,20+,21+,22+,23+,24+,25+,26+,27+,28+,29+,30+,31+,32+,33-,34-,35+,36+,37-,38-,39+,40+,41+,42+,43+,44+,45-,46+,47+,48+,49+,50-,51-,52-,55+,56+/m0/s1. The van der Waals surface area contributed by atoms with Gasteiger partial charge in [-0.1, -0.05) is 0 Å². The van der Waals surface area contributed by atoms with Crippen LogP contribution in [-0.4, -0.2) is 425 Å². The van der Waals surface area contributed by atoms with Crippen LogP contribution in [0.4, 0.5) is 0 Å². The van der Waals surface area contributed by atoms with Gasteiger partial charge in [-0.25, -0.2) is 9.59 Å². The Morgan fingerprint density at radius 2 is 0.745 bits per heavy atom. The monoisotopic (exact) mass is 1490 g/mol. The topological polar surface area (TPSA) is 736 Å². The Morgan fingerprint density at radius 3 is 1.11 bits per heavy atom. The second kappa shape index (κ2) is 35.9. The van der Waals surface area contributed by atoms with E-state index >= 15 is 0 Å². The first kappa shape index (κ1) is 84.7. The van der Waals surface area contributed by atoms with Crippen molar-refractivity contribution in [2.45, 2.75) is 266 Å². The molecule has 0 aromatic rings. The molecule has 4 amide bonds. The number of hydrogen-bond acceptors (Lipinski definition) is 40. The smallest absolute Gasteiger partial charge is 0.364 e. The van der Waals surface area contributed by atoms with Gasteiger partial charge in [0.05, 0.1) is 70.5 Å². The van der Waals surface area contributed by atoms with Crippen LogP contribution < -0.4 is 21.3 Å². The Labute approximate surface area is 576 Å². The number of aliphatic hydroxyl groups is 21. The summed E-state index contributed by atoms with van der Waals surface area (Å²) < 4.78 is 74.7. The summed E-state index contributed by atoms with van der Waals surface area (Å²) in [5, 5.41) is 258. The first-order valence-corrected chi connectivity index (χ1v) is 31.9. The first-order chi connectivity index (χ1) is 47.8. The van der Waals surface area contributed by atoms with E-state index < -0.39 is 321 Å². The summed E-state index contributed by atoms with van der Waals surface area (Å²) in [6.07, 6.45) is -67.3. The zero-order chi connectivity index (χ0) is 76.1. The molecule has 0 unspecified atom stereocenters. The maximum absolute atomic E-state index is 12.9. The van der Waals surface area contributed by atoms with Gasteiger partial charge in [0.15, 0.2) is 31.5 Å². The minimum Gasteiger partial charge on any atom is -0.477 e. The lowest BCUT2D eigenvalue weighted by Gasteiger charge is -2.50. The average Bonchev–Trinajstić information content (AvgIpc) is 0.783. The van der Waals surface area contributed by atoms with Crippen molar-refractivity contribution in [3.05, 3.63) is 0 Å². The summed E-state index contributed by atoms with van der Waals surface area (Å²) in [6.45, 7) is -4.03. The van der Waals surface area contributed by atoms with Gasteiger partial charge in [0.1, 0.15) is 159 Å². The molecule has 0 saturated carbocycles. The zero-order valence-electron chi connectivity index (χ0n) is 54.6. The molecule has 7 fully saturated rings. The van der Waals surface area contributed by atoms with Crippen molar-refractivity contribution < 1.29 is 208 Å². The fourth-order valence-electron chi connectivity index (χ4n) is 12.7. The van der Waals surface area contributed by atoms with Crippen LogP contribution in [0.15, 0.2) is 0 Å². The molecule has 102 heavy (non-hydrogen) atoms. The second-order valence-electron chi connectivity index (χ2n) is 25.5. The Bertz CT molecular complexity index is 2780. The lowest BCUT2D eigenvalue weighted by molar-refractivity contribution is -0.374. The van der Waals surface area contributed by atoms with Crippen molar-refractivity contribution in [2.75, 3.05) is 46.2 Å². The predicted octanol–water partition coefficient (Wildman–Crippen LogP) is -17.3. The largest absolute Gasteiger partial charge is 0.477 e. The SMILES string of the molecule is CC(=O)N[C@H]1[C@H](OC[C@H]2O[C@@H](O)[C@H](O)[C@@H](O)[C@H]2O[C@@H]2O[C@H](CO)[C@@H](O[C@@H]3O[C@H](CO[C@]4(C(=O)O)C[C@H](O)[C@@H](NC(C)=O)[C@H]([C@H](O)[C@H](O)CO)O4)[C@H](O)[C@H](O)[C@H]3O)[C@H](O)[C@H]2NC(C)=O)O[C@H](CO)[C@@H](O[C@@H]2O[C@H](CO[C@]3(C(=O)O)C[C@H](O)[C@@H](NC(C)=O)[C@H]([C@H](O)[C@H](O)CO)O3)[C@H](O)[C@H](O)[C@H]2O)[C@@H]1O. The highest BCUT2D eigenvalue weighted by Gasteiger charge is 2.61. The summed E-state index contributed by atoms with van der Waals surface area (Å²) in [7, 11) is 0. The van der Waals surface area contributed by atoms with E-state index in [-0.39, 0.29) is 0 Å². The summed E-state index contributed by atoms with van der Waals surface area (Å²) in [5.41, 5.74) is 0. The van der Waals surface area contributed by atoms with Gasteiger partial charge in [0.25, 0.3) is 11.6 Å². The van der Waals surface area contributed by atoms with Gasteiger partial charge in [0, 0.05) is 40.5 Å². The molecule has 0 aromatic heterocycles. The van der Waals surface area contributed by atoms with E-state index in [0.717, 1.165) is 27.7 Å². The third-order valence-electron chi connectivity index (χ3n) is 18.1. The van der Waals surface area contributed by atoms with Crippen molar-refractivity contribution in [3.8, 4) is 0 Å².